The first-order valence-electron chi connectivity index (χ1n) is 8.70. The van der Waals surface area contributed by atoms with Gasteiger partial charge in [-0.2, -0.15) is 0 Å². The van der Waals surface area contributed by atoms with Crippen molar-refractivity contribution in [1.29, 1.82) is 0 Å². The minimum atomic E-state index is 0.385. The van der Waals surface area contributed by atoms with Gasteiger partial charge in [0, 0.05) is 24.2 Å². The molecule has 0 aromatic carbocycles. The van der Waals surface area contributed by atoms with Crippen LogP contribution in [0.5, 0.6) is 0 Å². The maximum Gasteiger partial charge on any atom is 0.0334 e. The van der Waals surface area contributed by atoms with Gasteiger partial charge in [-0.05, 0) is 38.6 Å². The van der Waals surface area contributed by atoms with E-state index < -0.39 is 0 Å². The SMILES string of the molecule is CCCCN1CC(CC)(CC)NCC12CCCCC2. The summed E-state index contributed by atoms with van der Waals surface area (Å²) in [5.41, 5.74) is 0.887. The van der Waals surface area contributed by atoms with Crippen molar-refractivity contribution in [3.05, 3.63) is 0 Å². The predicted octanol–water partition coefficient (Wildman–Crippen LogP) is 3.95. The molecule has 1 N–H and O–H groups in total. The maximum atomic E-state index is 3.96. The fourth-order valence-corrected chi connectivity index (χ4v) is 4.14. The molecule has 2 nitrogen and oxygen atoms in total. The third kappa shape index (κ3) is 3.16. The van der Waals surface area contributed by atoms with E-state index in [1.54, 1.807) is 0 Å². The molecule has 1 heterocycles. The van der Waals surface area contributed by atoms with Gasteiger partial charge in [0.1, 0.15) is 0 Å². The Balaban J connectivity index is 2.11. The normalized spacial score (nSPS) is 26.7. The molecule has 1 spiro atoms. The van der Waals surface area contributed by atoms with Gasteiger partial charge >= 0.3 is 0 Å². The summed E-state index contributed by atoms with van der Waals surface area (Å²) in [5.74, 6) is 0. The molecule has 19 heavy (non-hydrogen) atoms. The van der Waals surface area contributed by atoms with Crippen molar-refractivity contribution in [1.82, 2.24) is 10.2 Å². The molecule has 0 radical (unpaired) electrons. The topological polar surface area (TPSA) is 15.3 Å². The van der Waals surface area contributed by atoms with E-state index in [2.05, 4.69) is 31.0 Å². The number of nitrogens with zero attached hydrogens (tertiary/aromatic N) is 1. The molecule has 1 aliphatic carbocycles. The molecule has 0 aromatic rings. The quantitative estimate of drug-likeness (QED) is 0.810. The van der Waals surface area contributed by atoms with Crippen LogP contribution in [0.25, 0.3) is 0 Å². The van der Waals surface area contributed by atoms with Gasteiger partial charge in [-0.1, -0.05) is 46.5 Å². The Bertz CT molecular complexity index is 264. The number of hydrogen-bond donors (Lipinski definition) is 1. The summed E-state index contributed by atoms with van der Waals surface area (Å²) >= 11 is 0. The Hall–Kier alpha value is -0.0800. The molecule has 1 aliphatic heterocycles. The van der Waals surface area contributed by atoms with Gasteiger partial charge in [0.15, 0.2) is 0 Å². The molecule has 2 rings (SSSR count). The number of rotatable bonds is 5. The molecule has 0 atom stereocenters. The standard InChI is InChI=1S/C17H34N2/c1-4-7-13-19-15-16(5-2,6-3)18-14-17(19)11-9-8-10-12-17/h18H,4-15H2,1-3H3. The number of unbranched alkanes of at least 4 members (excludes halogenated alkanes) is 1. The van der Waals surface area contributed by atoms with E-state index in [1.165, 1.54) is 77.4 Å². The van der Waals surface area contributed by atoms with Crippen molar-refractivity contribution in [2.24, 2.45) is 0 Å². The van der Waals surface area contributed by atoms with Crippen molar-refractivity contribution in [2.75, 3.05) is 19.6 Å². The Morgan fingerprint density at radius 1 is 1.00 bits per heavy atom. The van der Waals surface area contributed by atoms with E-state index in [1.807, 2.05) is 0 Å². The lowest BCUT2D eigenvalue weighted by Crippen LogP contribution is -2.70. The average molecular weight is 266 g/mol. The van der Waals surface area contributed by atoms with E-state index in [4.69, 9.17) is 0 Å². The molecule has 0 bridgehead atoms. The molecule has 0 amide bonds. The lowest BCUT2D eigenvalue weighted by atomic mass is 9.75. The van der Waals surface area contributed by atoms with Crippen LogP contribution < -0.4 is 5.32 Å². The van der Waals surface area contributed by atoms with E-state index in [0.29, 0.717) is 11.1 Å². The predicted molar refractivity (Wildman–Crippen MR) is 83.6 cm³/mol. The van der Waals surface area contributed by atoms with Crippen LogP contribution in [0.3, 0.4) is 0 Å². The zero-order chi connectivity index (χ0) is 13.8. The zero-order valence-electron chi connectivity index (χ0n) is 13.4. The molecule has 112 valence electrons. The number of piperazine rings is 1. The van der Waals surface area contributed by atoms with Gasteiger partial charge in [-0.15, -0.1) is 0 Å². The molecule has 2 fully saturated rings. The van der Waals surface area contributed by atoms with Gasteiger partial charge < -0.3 is 5.32 Å². The highest BCUT2D eigenvalue weighted by Gasteiger charge is 2.45. The molecular formula is C17H34N2. The summed E-state index contributed by atoms with van der Waals surface area (Å²) in [5, 5.41) is 3.96. The Morgan fingerprint density at radius 2 is 1.68 bits per heavy atom. The second-order valence-electron chi connectivity index (χ2n) is 6.90. The lowest BCUT2D eigenvalue weighted by molar-refractivity contribution is -0.0224. The van der Waals surface area contributed by atoms with E-state index in [-0.39, 0.29) is 0 Å². The number of hydrogen-bond acceptors (Lipinski definition) is 2. The van der Waals surface area contributed by atoms with Gasteiger partial charge in [0.05, 0.1) is 0 Å². The van der Waals surface area contributed by atoms with Crippen molar-refractivity contribution < 1.29 is 0 Å². The first kappa shape index (κ1) is 15.3. The summed E-state index contributed by atoms with van der Waals surface area (Å²) in [6.45, 7) is 10.9. The molecule has 2 aliphatic rings. The van der Waals surface area contributed by atoms with Gasteiger partial charge in [0.25, 0.3) is 0 Å². The van der Waals surface area contributed by atoms with Crippen molar-refractivity contribution in [2.45, 2.75) is 89.6 Å². The second kappa shape index (κ2) is 6.58. The average Bonchev–Trinajstić information content (AvgIpc) is 2.48. The van der Waals surface area contributed by atoms with Crippen LogP contribution in [0, 0.1) is 0 Å². The van der Waals surface area contributed by atoms with Gasteiger partial charge in [-0.25, -0.2) is 0 Å². The van der Waals surface area contributed by atoms with E-state index >= 15 is 0 Å². The minimum absolute atomic E-state index is 0.385. The first-order valence-corrected chi connectivity index (χ1v) is 8.70. The van der Waals surface area contributed by atoms with Crippen LogP contribution in [0.1, 0.15) is 78.6 Å². The second-order valence-corrected chi connectivity index (χ2v) is 6.90. The van der Waals surface area contributed by atoms with Crippen molar-refractivity contribution in [3.8, 4) is 0 Å². The Labute approximate surface area is 120 Å². The summed E-state index contributed by atoms with van der Waals surface area (Å²) in [4.78, 5) is 2.89. The third-order valence-corrected chi connectivity index (χ3v) is 5.88. The Morgan fingerprint density at radius 3 is 2.26 bits per heavy atom. The molecule has 1 saturated heterocycles. The molecular weight excluding hydrogens is 232 g/mol. The first-order chi connectivity index (χ1) is 9.20. The fraction of sp³-hybridized carbons (Fsp3) is 1.00. The monoisotopic (exact) mass is 266 g/mol. The maximum absolute atomic E-state index is 3.96. The van der Waals surface area contributed by atoms with Crippen LogP contribution in [0.2, 0.25) is 0 Å². The zero-order valence-corrected chi connectivity index (χ0v) is 13.4. The number of nitrogens with one attached hydrogen (secondary N) is 1. The largest absolute Gasteiger partial charge is 0.308 e. The van der Waals surface area contributed by atoms with Gasteiger partial charge in [-0.3, -0.25) is 4.90 Å². The highest BCUT2D eigenvalue weighted by Crippen LogP contribution is 2.38. The van der Waals surface area contributed by atoms with Crippen LogP contribution in [0.15, 0.2) is 0 Å². The van der Waals surface area contributed by atoms with Gasteiger partial charge in [0.2, 0.25) is 0 Å². The smallest absolute Gasteiger partial charge is 0.0334 e. The van der Waals surface area contributed by atoms with Crippen LogP contribution in [-0.2, 0) is 0 Å². The minimum Gasteiger partial charge on any atom is -0.308 e. The van der Waals surface area contributed by atoms with Crippen LogP contribution in [0.4, 0.5) is 0 Å². The summed E-state index contributed by atoms with van der Waals surface area (Å²) in [6.07, 6.45) is 12.4. The van der Waals surface area contributed by atoms with E-state index in [9.17, 15) is 0 Å². The fourth-order valence-electron chi connectivity index (χ4n) is 4.14. The summed E-state index contributed by atoms with van der Waals surface area (Å²) in [6, 6.07) is 0. The van der Waals surface area contributed by atoms with Crippen molar-refractivity contribution in [3.63, 3.8) is 0 Å². The molecule has 0 aromatic heterocycles. The van der Waals surface area contributed by atoms with Crippen LogP contribution >= 0.6 is 0 Å². The summed E-state index contributed by atoms with van der Waals surface area (Å²) < 4.78 is 0. The highest BCUT2D eigenvalue weighted by atomic mass is 15.3. The Kier molecular flexibility index (Phi) is 5.30. The molecule has 0 unspecified atom stereocenters. The lowest BCUT2D eigenvalue weighted by Gasteiger charge is -2.56. The highest BCUT2D eigenvalue weighted by molar-refractivity contribution is 5.05. The van der Waals surface area contributed by atoms with Crippen LogP contribution in [-0.4, -0.2) is 35.6 Å². The molecule has 2 heteroatoms. The summed E-state index contributed by atoms with van der Waals surface area (Å²) in [7, 11) is 0. The third-order valence-electron chi connectivity index (χ3n) is 5.88. The van der Waals surface area contributed by atoms with E-state index in [0.717, 1.165) is 0 Å². The molecule has 1 saturated carbocycles. The van der Waals surface area contributed by atoms with Crippen molar-refractivity contribution >= 4 is 0 Å².